The smallest absolute Gasteiger partial charge is 0.134 e. The molecule has 0 saturated heterocycles. The van der Waals surface area contributed by atoms with Crippen LogP contribution in [0.5, 0.6) is 0 Å². The summed E-state index contributed by atoms with van der Waals surface area (Å²) in [5, 5.41) is 4.67. The second-order valence-electron chi connectivity index (χ2n) is 8.31. The van der Waals surface area contributed by atoms with E-state index < -0.39 is 0 Å². The lowest BCUT2D eigenvalue weighted by atomic mass is 10.0. The number of rotatable bonds is 5. The zero-order valence-electron chi connectivity index (χ0n) is 18.8. The van der Waals surface area contributed by atoms with Gasteiger partial charge in [-0.15, -0.1) is 0 Å². The van der Waals surface area contributed by atoms with Crippen LogP contribution in [0.2, 0.25) is 0 Å². The Balaban J connectivity index is 1.44. The molecule has 0 aliphatic rings. The standard InChI is InChI=1S/C27H26N4O/c1-17-16-32-26-11-10-21(14-23(17)26)24-15-27(30-19(3)29-24)28-18(2)20-7-5-8-22(13-20)25-9-6-12-31(25)4/h5-16,18H,1-4H3,(H,28,29,30). The van der Waals surface area contributed by atoms with Crippen LogP contribution in [0.3, 0.4) is 0 Å². The number of nitrogens with zero attached hydrogens (tertiary/aromatic N) is 3. The summed E-state index contributed by atoms with van der Waals surface area (Å²) in [6, 6.07) is 21.1. The first kappa shape index (κ1) is 20.1. The molecule has 0 aliphatic carbocycles. The van der Waals surface area contributed by atoms with Gasteiger partial charge >= 0.3 is 0 Å². The Bertz CT molecular complexity index is 1410. The Morgan fingerprint density at radius 2 is 1.81 bits per heavy atom. The molecule has 5 heteroatoms. The minimum Gasteiger partial charge on any atom is -0.464 e. The van der Waals surface area contributed by atoms with E-state index in [1.165, 1.54) is 16.8 Å². The lowest BCUT2D eigenvalue weighted by Crippen LogP contribution is -2.09. The molecule has 0 saturated carbocycles. The van der Waals surface area contributed by atoms with E-state index in [2.05, 4.69) is 89.4 Å². The van der Waals surface area contributed by atoms with Crippen LogP contribution in [0, 0.1) is 13.8 Å². The molecule has 1 atom stereocenters. The zero-order valence-corrected chi connectivity index (χ0v) is 18.8. The molecule has 2 aromatic carbocycles. The minimum atomic E-state index is 0.0935. The number of furan rings is 1. The van der Waals surface area contributed by atoms with E-state index in [1.807, 2.05) is 25.1 Å². The van der Waals surface area contributed by atoms with Crippen LogP contribution in [-0.4, -0.2) is 14.5 Å². The maximum absolute atomic E-state index is 5.59. The first-order valence-corrected chi connectivity index (χ1v) is 10.8. The normalized spacial score (nSPS) is 12.2. The fourth-order valence-electron chi connectivity index (χ4n) is 4.14. The summed E-state index contributed by atoms with van der Waals surface area (Å²) in [4.78, 5) is 9.31. The van der Waals surface area contributed by atoms with Crippen molar-refractivity contribution in [3.05, 3.63) is 90.1 Å². The molecule has 5 aromatic rings. The molecule has 160 valence electrons. The monoisotopic (exact) mass is 422 g/mol. The second kappa shape index (κ2) is 8.00. The van der Waals surface area contributed by atoms with Gasteiger partial charge in [0.2, 0.25) is 0 Å². The molecule has 32 heavy (non-hydrogen) atoms. The van der Waals surface area contributed by atoms with Crippen molar-refractivity contribution < 1.29 is 4.42 Å². The lowest BCUT2D eigenvalue weighted by molar-refractivity contribution is 0.613. The third-order valence-electron chi connectivity index (χ3n) is 5.89. The van der Waals surface area contributed by atoms with Crippen molar-refractivity contribution in [2.75, 3.05) is 5.32 Å². The quantitative estimate of drug-likeness (QED) is 0.343. The average Bonchev–Trinajstić information content (AvgIpc) is 3.38. The molecule has 0 spiro atoms. The summed E-state index contributed by atoms with van der Waals surface area (Å²) < 4.78 is 7.72. The highest BCUT2D eigenvalue weighted by Gasteiger charge is 2.12. The predicted molar refractivity (Wildman–Crippen MR) is 130 cm³/mol. The highest BCUT2D eigenvalue weighted by Crippen LogP contribution is 2.29. The molecular weight excluding hydrogens is 396 g/mol. The summed E-state index contributed by atoms with van der Waals surface area (Å²) in [6.45, 7) is 6.14. The molecule has 0 amide bonds. The van der Waals surface area contributed by atoms with E-state index in [0.29, 0.717) is 0 Å². The van der Waals surface area contributed by atoms with Crippen molar-refractivity contribution in [1.82, 2.24) is 14.5 Å². The molecule has 3 heterocycles. The third-order valence-corrected chi connectivity index (χ3v) is 5.89. The molecule has 0 aliphatic heterocycles. The van der Waals surface area contributed by atoms with Crippen molar-refractivity contribution in [2.24, 2.45) is 7.05 Å². The molecule has 0 fully saturated rings. The molecule has 1 N–H and O–H groups in total. The Morgan fingerprint density at radius 3 is 2.62 bits per heavy atom. The zero-order chi connectivity index (χ0) is 22.2. The number of benzene rings is 2. The van der Waals surface area contributed by atoms with Gasteiger partial charge in [0.1, 0.15) is 17.2 Å². The van der Waals surface area contributed by atoms with Crippen LogP contribution in [-0.2, 0) is 7.05 Å². The van der Waals surface area contributed by atoms with Crippen LogP contribution < -0.4 is 5.32 Å². The van der Waals surface area contributed by atoms with E-state index in [0.717, 1.165) is 39.4 Å². The van der Waals surface area contributed by atoms with Crippen LogP contribution >= 0.6 is 0 Å². The Hall–Kier alpha value is -3.86. The van der Waals surface area contributed by atoms with Gasteiger partial charge in [-0.2, -0.15) is 0 Å². The van der Waals surface area contributed by atoms with Crippen LogP contribution in [0.4, 0.5) is 5.82 Å². The maximum atomic E-state index is 5.59. The first-order chi connectivity index (χ1) is 15.5. The van der Waals surface area contributed by atoms with Crippen molar-refractivity contribution in [1.29, 1.82) is 0 Å². The van der Waals surface area contributed by atoms with Crippen molar-refractivity contribution >= 4 is 16.8 Å². The van der Waals surface area contributed by atoms with Gasteiger partial charge in [-0.05, 0) is 73.9 Å². The van der Waals surface area contributed by atoms with Gasteiger partial charge in [0.15, 0.2) is 0 Å². The third kappa shape index (κ3) is 3.78. The number of aromatic nitrogens is 3. The molecule has 5 nitrogen and oxygen atoms in total. The first-order valence-electron chi connectivity index (χ1n) is 10.8. The molecular formula is C27H26N4O. The van der Waals surface area contributed by atoms with Crippen molar-refractivity contribution in [2.45, 2.75) is 26.8 Å². The SMILES string of the molecule is Cc1nc(NC(C)c2cccc(-c3cccn3C)c2)cc(-c2ccc3occ(C)c3c2)n1. The van der Waals surface area contributed by atoms with E-state index in [-0.39, 0.29) is 6.04 Å². The molecule has 5 rings (SSSR count). The van der Waals surface area contributed by atoms with Gasteiger partial charge in [0, 0.05) is 42.0 Å². The summed E-state index contributed by atoms with van der Waals surface area (Å²) in [5.41, 5.74) is 7.56. The summed E-state index contributed by atoms with van der Waals surface area (Å²) in [5.74, 6) is 1.55. The molecule has 3 aromatic heterocycles. The summed E-state index contributed by atoms with van der Waals surface area (Å²) >= 11 is 0. The van der Waals surface area contributed by atoms with Crippen LogP contribution in [0.1, 0.15) is 29.9 Å². The number of aryl methyl sites for hydroxylation is 3. The fraction of sp³-hybridized carbons (Fsp3) is 0.185. The van der Waals surface area contributed by atoms with Gasteiger partial charge in [0.05, 0.1) is 12.0 Å². The number of hydrogen-bond acceptors (Lipinski definition) is 4. The summed E-state index contributed by atoms with van der Waals surface area (Å²) in [6.07, 6.45) is 3.86. The van der Waals surface area contributed by atoms with Gasteiger partial charge in [0.25, 0.3) is 0 Å². The van der Waals surface area contributed by atoms with E-state index in [1.54, 1.807) is 6.26 Å². The largest absolute Gasteiger partial charge is 0.464 e. The summed E-state index contributed by atoms with van der Waals surface area (Å²) in [7, 11) is 2.07. The second-order valence-corrected chi connectivity index (χ2v) is 8.31. The van der Waals surface area contributed by atoms with E-state index in [4.69, 9.17) is 4.42 Å². The highest BCUT2D eigenvalue weighted by molar-refractivity contribution is 5.85. The number of nitrogens with one attached hydrogen (secondary N) is 1. The molecule has 1 unspecified atom stereocenters. The minimum absolute atomic E-state index is 0.0935. The van der Waals surface area contributed by atoms with Gasteiger partial charge in [-0.1, -0.05) is 18.2 Å². The molecule has 0 radical (unpaired) electrons. The van der Waals surface area contributed by atoms with Crippen molar-refractivity contribution in [3.63, 3.8) is 0 Å². The highest BCUT2D eigenvalue weighted by atomic mass is 16.3. The van der Waals surface area contributed by atoms with Crippen LogP contribution in [0.15, 0.2) is 77.5 Å². The maximum Gasteiger partial charge on any atom is 0.134 e. The fourth-order valence-corrected chi connectivity index (χ4v) is 4.14. The van der Waals surface area contributed by atoms with Crippen molar-refractivity contribution in [3.8, 4) is 22.5 Å². The van der Waals surface area contributed by atoms with E-state index in [9.17, 15) is 0 Å². The average molecular weight is 423 g/mol. The van der Waals surface area contributed by atoms with Gasteiger partial charge in [-0.25, -0.2) is 9.97 Å². The lowest BCUT2D eigenvalue weighted by Gasteiger charge is -2.17. The van der Waals surface area contributed by atoms with Gasteiger partial charge < -0.3 is 14.3 Å². The topological polar surface area (TPSA) is 55.9 Å². The van der Waals surface area contributed by atoms with Crippen LogP contribution in [0.25, 0.3) is 33.5 Å². The number of hydrogen-bond donors (Lipinski definition) is 1. The number of fused-ring (bicyclic) bond motifs is 1. The predicted octanol–water partition coefficient (Wildman–Crippen LogP) is 6.69. The molecule has 0 bridgehead atoms. The van der Waals surface area contributed by atoms with E-state index >= 15 is 0 Å². The number of anilines is 1. The Kier molecular flexibility index (Phi) is 5.02. The Morgan fingerprint density at radius 1 is 0.938 bits per heavy atom. The van der Waals surface area contributed by atoms with Gasteiger partial charge in [-0.3, -0.25) is 0 Å². The Labute approximate surface area is 187 Å².